The van der Waals surface area contributed by atoms with Crippen molar-refractivity contribution < 1.29 is 14.7 Å². The van der Waals surface area contributed by atoms with Gasteiger partial charge in [-0.15, -0.1) is 0 Å². The van der Waals surface area contributed by atoms with Gasteiger partial charge in [0, 0.05) is 31.4 Å². The lowest BCUT2D eigenvalue weighted by molar-refractivity contribution is -0.138. The molecule has 9 heteroatoms. The first-order chi connectivity index (χ1) is 10.6. The number of aromatic amines is 1. The summed E-state index contributed by atoms with van der Waals surface area (Å²) in [7, 11) is 0. The highest BCUT2D eigenvalue weighted by Gasteiger charge is 2.38. The van der Waals surface area contributed by atoms with Crippen LogP contribution in [-0.4, -0.2) is 60.2 Å². The number of nitrogens with one attached hydrogen (secondary N) is 1. The first-order valence-corrected chi connectivity index (χ1v) is 6.96. The van der Waals surface area contributed by atoms with Gasteiger partial charge in [-0.05, 0) is 12.0 Å². The number of aromatic nitrogens is 5. The van der Waals surface area contributed by atoms with Crippen LogP contribution in [0, 0.1) is 5.92 Å². The second kappa shape index (κ2) is 5.96. The van der Waals surface area contributed by atoms with E-state index >= 15 is 0 Å². The average molecular weight is 304 g/mol. The molecule has 9 nitrogen and oxygen atoms in total. The second-order valence-electron chi connectivity index (χ2n) is 5.36. The molecule has 1 fully saturated rings. The molecule has 0 saturated carbocycles. The Morgan fingerprint density at radius 3 is 2.91 bits per heavy atom. The molecular formula is C13H16N6O3. The molecule has 2 aromatic rings. The minimum atomic E-state index is -0.875. The van der Waals surface area contributed by atoms with E-state index in [0.717, 1.165) is 0 Å². The van der Waals surface area contributed by atoms with E-state index in [1.807, 2.05) is 0 Å². The standard InChI is InChI=1S/C13H16N6O3/c20-12(8-19-3-1-2-15-19)18-6-9(4-13(21)22)10(7-18)11-5-14-17-16-11/h1-3,5,9-10H,4,6-8H2,(H,21,22)(H,14,16,17)/t9-,10+/m0/s1. The molecular weight excluding hydrogens is 288 g/mol. The maximum atomic E-state index is 12.3. The van der Waals surface area contributed by atoms with E-state index in [1.54, 1.807) is 34.2 Å². The third-order valence-corrected chi connectivity index (χ3v) is 3.90. The van der Waals surface area contributed by atoms with Gasteiger partial charge in [-0.2, -0.15) is 20.5 Å². The number of hydrogen-bond acceptors (Lipinski definition) is 5. The fourth-order valence-electron chi connectivity index (χ4n) is 2.86. The zero-order chi connectivity index (χ0) is 15.5. The quantitative estimate of drug-likeness (QED) is 0.784. The fraction of sp³-hybridized carbons (Fsp3) is 0.462. The Morgan fingerprint density at radius 2 is 2.27 bits per heavy atom. The SMILES string of the molecule is O=C(O)C[C@H]1CN(C(=O)Cn2cccn2)C[C@H]1c1cn[nH]n1. The van der Waals surface area contributed by atoms with E-state index in [2.05, 4.69) is 20.5 Å². The summed E-state index contributed by atoms with van der Waals surface area (Å²) in [5.41, 5.74) is 0.695. The normalized spacial score (nSPS) is 21.2. The van der Waals surface area contributed by atoms with Gasteiger partial charge in [-0.1, -0.05) is 0 Å². The van der Waals surface area contributed by atoms with E-state index in [1.165, 1.54) is 0 Å². The van der Waals surface area contributed by atoms with Crippen molar-refractivity contribution in [3.05, 3.63) is 30.4 Å². The number of carboxylic acids is 1. The molecule has 1 amide bonds. The van der Waals surface area contributed by atoms with Crippen molar-refractivity contribution in [1.82, 2.24) is 30.1 Å². The Bertz CT molecular complexity index is 639. The summed E-state index contributed by atoms with van der Waals surface area (Å²) in [5, 5.41) is 23.4. The maximum absolute atomic E-state index is 12.3. The predicted molar refractivity (Wildman–Crippen MR) is 73.7 cm³/mol. The lowest BCUT2D eigenvalue weighted by Gasteiger charge is -2.16. The Balaban J connectivity index is 1.71. The molecule has 2 N–H and O–H groups in total. The van der Waals surface area contributed by atoms with Gasteiger partial charge in [0.05, 0.1) is 18.3 Å². The van der Waals surface area contributed by atoms with E-state index in [9.17, 15) is 9.59 Å². The molecule has 0 radical (unpaired) electrons. The Hall–Kier alpha value is -2.71. The lowest BCUT2D eigenvalue weighted by atomic mass is 9.91. The number of carbonyl (C=O) groups excluding carboxylic acids is 1. The zero-order valence-electron chi connectivity index (χ0n) is 11.8. The van der Waals surface area contributed by atoms with Gasteiger partial charge in [-0.25, -0.2) is 0 Å². The van der Waals surface area contributed by atoms with E-state index in [-0.39, 0.29) is 30.7 Å². The summed E-state index contributed by atoms with van der Waals surface area (Å²) in [5.74, 6) is -1.23. The van der Waals surface area contributed by atoms with Crippen LogP contribution in [-0.2, 0) is 16.1 Å². The molecule has 0 unspecified atom stereocenters. The number of aliphatic carboxylic acids is 1. The predicted octanol–water partition coefficient (Wildman–Crippen LogP) is -0.282. The summed E-state index contributed by atoms with van der Waals surface area (Å²) >= 11 is 0. The third kappa shape index (κ3) is 2.97. The molecule has 0 aliphatic carbocycles. The number of H-pyrrole nitrogens is 1. The van der Waals surface area contributed by atoms with Gasteiger partial charge in [0.2, 0.25) is 5.91 Å². The van der Waals surface area contributed by atoms with Crippen LogP contribution in [0.1, 0.15) is 18.0 Å². The topological polar surface area (TPSA) is 117 Å². The first-order valence-electron chi connectivity index (χ1n) is 6.96. The van der Waals surface area contributed by atoms with Crippen molar-refractivity contribution in [2.24, 2.45) is 5.92 Å². The van der Waals surface area contributed by atoms with Crippen LogP contribution in [0.3, 0.4) is 0 Å². The molecule has 0 bridgehead atoms. The summed E-state index contributed by atoms with van der Waals surface area (Å²) in [6, 6.07) is 1.75. The van der Waals surface area contributed by atoms with Crippen molar-refractivity contribution in [1.29, 1.82) is 0 Å². The number of carbonyl (C=O) groups is 2. The average Bonchev–Trinajstić information content (AvgIpc) is 3.18. The number of rotatable bonds is 5. The molecule has 1 saturated heterocycles. The molecule has 3 rings (SSSR count). The zero-order valence-corrected chi connectivity index (χ0v) is 11.8. The summed E-state index contributed by atoms with van der Waals surface area (Å²) in [6.07, 6.45) is 4.92. The van der Waals surface area contributed by atoms with Crippen LogP contribution >= 0.6 is 0 Å². The third-order valence-electron chi connectivity index (χ3n) is 3.90. The highest BCUT2D eigenvalue weighted by atomic mass is 16.4. The molecule has 1 aliphatic heterocycles. The minimum Gasteiger partial charge on any atom is -0.481 e. The van der Waals surface area contributed by atoms with Gasteiger partial charge in [0.15, 0.2) is 0 Å². The molecule has 2 aromatic heterocycles. The van der Waals surface area contributed by atoms with Crippen LogP contribution in [0.25, 0.3) is 0 Å². The van der Waals surface area contributed by atoms with E-state index < -0.39 is 5.97 Å². The van der Waals surface area contributed by atoms with Crippen molar-refractivity contribution in [3.8, 4) is 0 Å². The molecule has 116 valence electrons. The van der Waals surface area contributed by atoms with E-state index in [0.29, 0.717) is 18.8 Å². The molecule has 0 aromatic carbocycles. The largest absolute Gasteiger partial charge is 0.481 e. The van der Waals surface area contributed by atoms with Crippen molar-refractivity contribution >= 4 is 11.9 Å². The highest BCUT2D eigenvalue weighted by molar-refractivity contribution is 5.76. The Kier molecular flexibility index (Phi) is 3.86. The van der Waals surface area contributed by atoms with Crippen LogP contribution in [0.4, 0.5) is 0 Å². The van der Waals surface area contributed by atoms with Gasteiger partial charge >= 0.3 is 5.97 Å². The van der Waals surface area contributed by atoms with Crippen LogP contribution in [0.15, 0.2) is 24.7 Å². The molecule has 3 heterocycles. The number of nitrogens with zero attached hydrogens (tertiary/aromatic N) is 5. The Morgan fingerprint density at radius 1 is 1.41 bits per heavy atom. The number of carboxylic acid groups (broad SMARTS) is 1. The highest BCUT2D eigenvalue weighted by Crippen LogP contribution is 2.33. The van der Waals surface area contributed by atoms with Crippen molar-refractivity contribution in [2.45, 2.75) is 18.9 Å². The smallest absolute Gasteiger partial charge is 0.303 e. The van der Waals surface area contributed by atoms with Gasteiger partial charge in [0.1, 0.15) is 6.54 Å². The number of likely N-dealkylation sites (tertiary alicyclic amines) is 1. The van der Waals surface area contributed by atoms with Crippen molar-refractivity contribution in [3.63, 3.8) is 0 Å². The Labute approximate surface area is 125 Å². The second-order valence-corrected chi connectivity index (χ2v) is 5.36. The van der Waals surface area contributed by atoms with Crippen LogP contribution < -0.4 is 0 Å². The van der Waals surface area contributed by atoms with Gasteiger partial charge in [-0.3, -0.25) is 14.3 Å². The summed E-state index contributed by atoms with van der Waals surface area (Å²) in [6.45, 7) is 1.01. The molecule has 22 heavy (non-hydrogen) atoms. The first kappa shape index (κ1) is 14.2. The number of hydrogen-bond donors (Lipinski definition) is 2. The van der Waals surface area contributed by atoms with Gasteiger partial charge in [0.25, 0.3) is 0 Å². The lowest BCUT2D eigenvalue weighted by Crippen LogP contribution is -2.32. The van der Waals surface area contributed by atoms with Gasteiger partial charge < -0.3 is 10.0 Å². The summed E-state index contributed by atoms with van der Waals surface area (Å²) < 4.78 is 1.55. The van der Waals surface area contributed by atoms with Crippen LogP contribution in [0.5, 0.6) is 0 Å². The monoisotopic (exact) mass is 304 g/mol. The van der Waals surface area contributed by atoms with Crippen molar-refractivity contribution in [2.75, 3.05) is 13.1 Å². The molecule has 0 spiro atoms. The molecule has 1 aliphatic rings. The maximum Gasteiger partial charge on any atom is 0.303 e. The van der Waals surface area contributed by atoms with Crippen LogP contribution in [0.2, 0.25) is 0 Å². The van der Waals surface area contributed by atoms with E-state index in [4.69, 9.17) is 5.11 Å². The number of amides is 1. The fourth-order valence-corrected chi connectivity index (χ4v) is 2.86. The minimum absolute atomic E-state index is 0.00305. The summed E-state index contributed by atoms with van der Waals surface area (Å²) in [4.78, 5) is 25.1. The molecule has 2 atom stereocenters.